The van der Waals surface area contributed by atoms with E-state index in [4.69, 9.17) is 4.74 Å². The van der Waals surface area contributed by atoms with Gasteiger partial charge in [0, 0.05) is 5.56 Å². The summed E-state index contributed by atoms with van der Waals surface area (Å²) in [6.07, 6.45) is 3.92. The highest BCUT2D eigenvalue weighted by atomic mass is 19.2. The molecule has 3 rings (SSSR count). The normalized spacial score (nSPS) is 18.9. The summed E-state index contributed by atoms with van der Waals surface area (Å²) in [5.74, 6) is -3.97. The van der Waals surface area contributed by atoms with Gasteiger partial charge in [-0.2, -0.15) is 4.39 Å². The maximum absolute atomic E-state index is 14.9. The smallest absolute Gasteiger partial charge is 0.200 e. The van der Waals surface area contributed by atoms with Gasteiger partial charge in [-0.15, -0.1) is 0 Å². The molecule has 0 aromatic heterocycles. The maximum atomic E-state index is 14.9. The Hall–Kier alpha value is -3.02. The molecule has 1 N–H and O–H groups in total. The lowest BCUT2D eigenvalue weighted by molar-refractivity contribution is 0.224. The third-order valence-electron chi connectivity index (χ3n) is 6.50. The molecule has 0 radical (unpaired) electrons. The fourth-order valence-corrected chi connectivity index (χ4v) is 4.51. The quantitative estimate of drug-likeness (QED) is 0.224. The van der Waals surface area contributed by atoms with Crippen molar-refractivity contribution in [2.24, 2.45) is 5.92 Å². The van der Waals surface area contributed by atoms with Crippen LogP contribution < -0.4 is 0 Å². The molecule has 0 atom stereocenters. The van der Waals surface area contributed by atoms with Gasteiger partial charge in [-0.3, -0.25) is 0 Å². The molecule has 1 aliphatic rings. The van der Waals surface area contributed by atoms with E-state index in [1.165, 1.54) is 12.1 Å². The fraction of sp³-hybridized carbons (Fsp3) is 0.357. The minimum absolute atomic E-state index is 0.0569. The Bertz CT molecular complexity index is 1060. The zero-order valence-corrected chi connectivity index (χ0v) is 19.4. The number of ether oxygens (including phenoxy) is 1. The number of benzene rings is 2. The number of halogens is 4. The van der Waals surface area contributed by atoms with Crippen molar-refractivity contribution in [2.45, 2.75) is 51.4 Å². The molecular formula is C28H30F4O2. The highest BCUT2D eigenvalue weighted by Crippen LogP contribution is 2.41. The first-order chi connectivity index (χ1) is 16.2. The minimum atomic E-state index is -1.12. The van der Waals surface area contributed by atoms with Crippen molar-refractivity contribution in [2.75, 3.05) is 6.61 Å². The molecule has 2 nitrogen and oxygen atoms in total. The first-order valence-electron chi connectivity index (χ1n) is 11.6. The zero-order valence-electron chi connectivity index (χ0n) is 19.4. The van der Waals surface area contributed by atoms with Crippen LogP contribution in [0.4, 0.5) is 17.6 Å². The van der Waals surface area contributed by atoms with E-state index < -0.39 is 23.3 Å². The summed E-state index contributed by atoms with van der Waals surface area (Å²) in [4.78, 5) is 0. The van der Waals surface area contributed by atoms with Crippen LogP contribution in [-0.4, -0.2) is 11.7 Å². The predicted molar refractivity (Wildman–Crippen MR) is 127 cm³/mol. The number of hydrogen-bond acceptors (Lipinski definition) is 2. The summed E-state index contributed by atoms with van der Waals surface area (Å²) in [6, 6.07) is 9.17. The van der Waals surface area contributed by atoms with Crippen LogP contribution in [0.5, 0.6) is 5.75 Å². The van der Waals surface area contributed by atoms with Crippen LogP contribution in [0.1, 0.15) is 56.9 Å². The Balaban J connectivity index is 1.58. The van der Waals surface area contributed by atoms with Crippen LogP contribution >= 0.6 is 0 Å². The van der Waals surface area contributed by atoms with Crippen molar-refractivity contribution in [3.8, 4) is 16.9 Å². The van der Waals surface area contributed by atoms with Crippen LogP contribution in [0.25, 0.3) is 11.1 Å². The van der Waals surface area contributed by atoms with Gasteiger partial charge < -0.3 is 9.84 Å². The summed E-state index contributed by atoms with van der Waals surface area (Å²) >= 11 is 0. The average molecular weight is 475 g/mol. The summed E-state index contributed by atoms with van der Waals surface area (Å²) in [7, 11) is 0. The summed E-state index contributed by atoms with van der Waals surface area (Å²) < 4.78 is 62.8. The Morgan fingerprint density at radius 3 is 2.21 bits per heavy atom. The molecule has 0 unspecified atom stereocenters. The number of phenolic OH excluding ortho intramolecular Hbond substituents is 1. The zero-order chi connectivity index (χ0) is 24.8. The average Bonchev–Trinajstić information content (AvgIpc) is 2.84. The molecule has 0 aliphatic heterocycles. The third-order valence-corrected chi connectivity index (χ3v) is 6.50. The first-order valence-corrected chi connectivity index (χ1v) is 11.6. The van der Waals surface area contributed by atoms with Crippen LogP contribution in [0, 0.1) is 17.6 Å². The molecule has 34 heavy (non-hydrogen) atoms. The van der Waals surface area contributed by atoms with E-state index in [1.54, 1.807) is 31.2 Å². The highest BCUT2D eigenvalue weighted by molar-refractivity contribution is 5.65. The first kappa shape index (κ1) is 25.6. The van der Waals surface area contributed by atoms with E-state index in [0.717, 1.165) is 12.8 Å². The van der Waals surface area contributed by atoms with Gasteiger partial charge in [0.2, 0.25) is 0 Å². The van der Waals surface area contributed by atoms with Gasteiger partial charge in [-0.05, 0) is 86.1 Å². The predicted octanol–water partition coefficient (Wildman–Crippen LogP) is 8.65. The number of rotatable bonds is 9. The molecule has 2 aromatic carbocycles. The van der Waals surface area contributed by atoms with Crippen molar-refractivity contribution in [3.63, 3.8) is 0 Å². The van der Waals surface area contributed by atoms with E-state index in [9.17, 15) is 22.7 Å². The number of phenols is 1. The van der Waals surface area contributed by atoms with Crippen molar-refractivity contribution in [1.29, 1.82) is 0 Å². The van der Waals surface area contributed by atoms with Gasteiger partial charge in [0.15, 0.2) is 29.0 Å². The largest absolute Gasteiger partial charge is 0.508 e. The van der Waals surface area contributed by atoms with Gasteiger partial charge in [-0.25, -0.2) is 13.2 Å². The lowest BCUT2D eigenvalue weighted by Crippen LogP contribution is -2.15. The van der Waals surface area contributed by atoms with E-state index in [-0.39, 0.29) is 41.1 Å². The number of aromatic hydroxyl groups is 1. The number of allylic oxidation sites excluding steroid dienone is 3. The van der Waals surface area contributed by atoms with Crippen LogP contribution in [0.2, 0.25) is 0 Å². The van der Waals surface area contributed by atoms with E-state index in [0.29, 0.717) is 36.8 Å². The summed E-state index contributed by atoms with van der Waals surface area (Å²) in [5.41, 5.74) is 1.09. The Morgan fingerprint density at radius 2 is 1.59 bits per heavy atom. The highest BCUT2D eigenvalue weighted by Gasteiger charge is 2.27. The van der Waals surface area contributed by atoms with E-state index in [2.05, 4.69) is 13.2 Å². The fourth-order valence-electron chi connectivity index (χ4n) is 4.51. The second-order valence-corrected chi connectivity index (χ2v) is 8.72. The van der Waals surface area contributed by atoms with Crippen molar-refractivity contribution >= 4 is 0 Å². The molecule has 1 aliphatic carbocycles. The Labute approximate surface area is 198 Å². The third kappa shape index (κ3) is 5.91. The van der Waals surface area contributed by atoms with Crippen molar-refractivity contribution in [3.05, 3.63) is 89.7 Å². The van der Waals surface area contributed by atoms with Gasteiger partial charge in [0.05, 0.1) is 6.61 Å². The monoisotopic (exact) mass is 474 g/mol. The Kier molecular flexibility index (Phi) is 8.59. The maximum Gasteiger partial charge on any atom is 0.200 e. The molecular weight excluding hydrogens is 444 g/mol. The van der Waals surface area contributed by atoms with Gasteiger partial charge >= 0.3 is 0 Å². The standard InChI is InChI=1S/C28H30F4O2/c1-4-34-18(3)26(30)25(29)17(2)5-6-19-7-9-20(10-8-19)23-15-16-24(28(32)27(23)31)21-11-13-22(33)14-12-21/h11-16,19-20,33H,2-10H2,1H3/b26-25-. The van der Waals surface area contributed by atoms with E-state index >= 15 is 0 Å². The molecule has 2 aromatic rings. The second kappa shape index (κ2) is 11.4. The molecule has 0 saturated heterocycles. The molecule has 0 spiro atoms. The molecule has 182 valence electrons. The van der Waals surface area contributed by atoms with Crippen molar-refractivity contribution < 1.29 is 27.4 Å². The molecule has 1 saturated carbocycles. The number of hydrogen-bond donors (Lipinski definition) is 1. The van der Waals surface area contributed by atoms with Gasteiger partial charge in [0.1, 0.15) is 5.75 Å². The lowest BCUT2D eigenvalue weighted by atomic mass is 9.76. The summed E-state index contributed by atoms with van der Waals surface area (Å²) in [5, 5.41) is 9.41. The topological polar surface area (TPSA) is 29.5 Å². The molecule has 0 bridgehead atoms. The lowest BCUT2D eigenvalue weighted by Gasteiger charge is -2.29. The molecule has 6 heteroatoms. The molecule has 1 fully saturated rings. The molecule has 0 amide bonds. The van der Waals surface area contributed by atoms with Crippen LogP contribution in [0.3, 0.4) is 0 Å². The second-order valence-electron chi connectivity index (χ2n) is 8.72. The Morgan fingerprint density at radius 1 is 0.941 bits per heavy atom. The SMILES string of the molecule is C=C(CCC1CCC(c2ccc(-c3ccc(O)cc3)c(F)c2F)CC1)/C(F)=C(/F)C(=C)OCC. The van der Waals surface area contributed by atoms with Crippen molar-refractivity contribution in [1.82, 2.24) is 0 Å². The van der Waals surface area contributed by atoms with Crippen LogP contribution in [-0.2, 0) is 4.74 Å². The van der Waals surface area contributed by atoms with Crippen LogP contribution in [0.15, 0.2) is 72.5 Å². The molecule has 0 heterocycles. The van der Waals surface area contributed by atoms with E-state index in [1.807, 2.05) is 0 Å². The van der Waals surface area contributed by atoms with Gasteiger partial charge in [-0.1, -0.05) is 37.4 Å². The summed E-state index contributed by atoms with van der Waals surface area (Å²) in [6.45, 7) is 8.87. The minimum Gasteiger partial charge on any atom is -0.508 e. The van der Waals surface area contributed by atoms with Gasteiger partial charge in [0.25, 0.3) is 0 Å².